The molecular weight excluding hydrogens is 424 g/mol. The number of hydrogen-bond acceptors (Lipinski definition) is 10. The van der Waals surface area contributed by atoms with Crippen LogP contribution in [0.3, 0.4) is 0 Å². The zero-order valence-corrected chi connectivity index (χ0v) is 18.5. The Hall–Kier alpha value is -2.72. The Morgan fingerprint density at radius 3 is 1.31 bits per heavy atom. The van der Waals surface area contributed by atoms with E-state index in [-0.39, 0.29) is 51.5 Å². The molecule has 0 aromatic carbocycles. The number of esters is 4. The van der Waals surface area contributed by atoms with E-state index in [4.69, 9.17) is 28.4 Å². The van der Waals surface area contributed by atoms with Gasteiger partial charge in [-0.15, -0.1) is 13.2 Å². The van der Waals surface area contributed by atoms with E-state index < -0.39 is 34.7 Å². The highest BCUT2D eigenvalue weighted by atomic mass is 16.6. The summed E-state index contributed by atoms with van der Waals surface area (Å²) in [6.07, 6.45) is 3.74. The van der Waals surface area contributed by atoms with Gasteiger partial charge in [0, 0.05) is 11.8 Å². The number of ether oxygens (including phenoxy) is 6. The average molecular weight is 454 g/mol. The number of carbonyl (C=O) groups is 4. The highest BCUT2D eigenvalue weighted by molar-refractivity contribution is 6.04. The lowest BCUT2D eigenvalue weighted by molar-refractivity contribution is -0.166. The summed E-state index contributed by atoms with van der Waals surface area (Å²) in [5.41, 5.74) is -2.56. The number of carbonyl (C=O) groups excluding carboxylic acids is 4. The number of methoxy groups -OCH3 is 2. The van der Waals surface area contributed by atoms with Gasteiger partial charge in [0.25, 0.3) is 0 Å². The Morgan fingerprint density at radius 2 is 1.03 bits per heavy atom. The zero-order valence-electron chi connectivity index (χ0n) is 18.5. The van der Waals surface area contributed by atoms with Crippen LogP contribution in [-0.4, -0.2) is 77.7 Å². The van der Waals surface area contributed by atoms with Crippen LogP contribution in [0.4, 0.5) is 0 Å². The Labute approximate surface area is 186 Å². The number of rotatable bonds is 15. The van der Waals surface area contributed by atoms with Gasteiger partial charge in [0.1, 0.15) is 13.2 Å². The van der Waals surface area contributed by atoms with E-state index in [0.29, 0.717) is 12.8 Å². The fourth-order valence-corrected chi connectivity index (χ4v) is 3.58. The predicted octanol–water partition coefficient (Wildman–Crippen LogP) is 0.837. The lowest BCUT2D eigenvalue weighted by atomic mass is 10.0. The van der Waals surface area contributed by atoms with Crippen LogP contribution in [0.2, 0.25) is 0 Å². The highest BCUT2D eigenvalue weighted by Crippen LogP contribution is 2.55. The molecular formula is C22H30O10. The van der Waals surface area contributed by atoms with E-state index in [1.54, 1.807) is 12.2 Å². The fraction of sp³-hybridized carbons (Fsp3) is 0.636. The van der Waals surface area contributed by atoms with Gasteiger partial charge in [0.05, 0.1) is 40.6 Å². The van der Waals surface area contributed by atoms with Gasteiger partial charge in [0.2, 0.25) is 0 Å². The summed E-state index contributed by atoms with van der Waals surface area (Å²) in [5, 5.41) is 0. The third-order valence-corrected chi connectivity index (χ3v) is 5.72. The summed E-state index contributed by atoms with van der Waals surface area (Å²) < 4.78 is 30.2. The van der Waals surface area contributed by atoms with Crippen LogP contribution in [-0.2, 0) is 47.6 Å². The Bertz CT molecular complexity index is 685. The first-order valence-corrected chi connectivity index (χ1v) is 10.3. The minimum Gasteiger partial charge on any atom is -0.468 e. The van der Waals surface area contributed by atoms with Crippen LogP contribution in [0.1, 0.15) is 12.8 Å². The van der Waals surface area contributed by atoms with E-state index in [2.05, 4.69) is 13.2 Å². The third kappa shape index (κ3) is 5.18. The molecule has 0 heterocycles. The number of allylic oxidation sites excluding steroid dienone is 2. The molecule has 0 aromatic rings. The van der Waals surface area contributed by atoms with Gasteiger partial charge in [-0.05, 0) is 12.8 Å². The maximum atomic E-state index is 12.2. The van der Waals surface area contributed by atoms with Crippen molar-refractivity contribution in [2.24, 2.45) is 22.7 Å². The molecule has 2 aliphatic carbocycles. The van der Waals surface area contributed by atoms with Crippen LogP contribution < -0.4 is 0 Å². The molecule has 10 heteroatoms. The van der Waals surface area contributed by atoms with Crippen LogP contribution >= 0.6 is 0 Å². The fourth-order valence-electron chi connectivity index (χ4n) is 3.58. The van der Waals surface area contributed by atoms with Crippen LogP contribution in [0.25, 0.3) is 0 Å². The molecule has 4 atom stereocenters. The monoisotopic (exact) mass is 454 g/mol. The summed E-state index contributed by atoms with van der Waals surface area (Å²) in [5.74, 6) is -3.10. The van der Waals surface area contributed by atoms with E-state index in [0.717, 1.165) is 0 Å². The minimum atomic E-state index is -1.28. The third-order valence-electron chi connectivity index (χ3n) is 5.72. The summed E-state index contributed by atoms with van der Waals surface area (Å²) in [7, 11) is 2.45. The molecule has 2 rings (SSSR count). The molecule has 2 aliphatic rings. The van der Waals surface area contributed by atoms with Crippen LogP contribution in [0.15, 0.2) is 25.3 Å². The summed E-state index contributed by atoms with van der Waals surface area (Å²) in [6, 6.07) is 0. The van der Waals surface area contributed by atoms with Crippen LogP contribution in [0, 0.1) is 22.7 Å². The first kappa shape index (κ1) is 25.5. The van der Waals surface area contributed by atoms with Crippen molar-refractivity contribution in [1.29, 1.82) is 0 Å². The standard InChI is InChI=1S/C22H30O10/c1-5-15-13-21(15,17(23)27-3)19(25)31-11-9-29-7-8-30-10-12-32-20(26)22(18(24)28-4)14-16(22)6-2/h5-6,15-16H,1-2,7-14H2,3-4H3. The molecule has 2 saturated carbocycles. The van der Waals surface area contributed by atoms with Crippen molar-refractivity contribution in [3.05, 3.63) is 25.3 Å². The van der Waals surface area contributed by atoms with E-state index >= 15 is 0 Å². The molecule has 10 nitrogen and oxygen atoms in total. The van der Waals surface area contributed by atoms with Gasteiger partial charge in [-0.25, -0.2) is 0 Å². The number of hydrogen-bond donors (Lipinski definition) is 0. The molecule has 178 valence electrons. The summed E-state index contributed by atoms with van der Waals surface area (Å²) >= 11 is 0. The second-order valence-electron chi connectivity index (χ2n) is 7.52. The molecule has 0 aliphatic heterocycles. The minimum absolute atomic E-state index is 0.0147. The molecule has 0 spiro atoms. The molecule has 0 aromatic heterocycles. The Balaban J connectivity index is 1.53. The van der Waals surface area contributed by atoms with Gasteiger partial charge < -0.3 is 28.4 Å². The molecule has 0 bridgehead atoms. The topological polar surface area (TPSA) is 124 Å². The second kappa shape index (κ2) is 11.2. The van der Waals surface area contributed by atoms with E-state index in [1.165, 1.54) is 14.2 Å². The van der Waals surface area contributed by atoms with Gasteiger partial charge in [-0.2, -0.15) is 0 Å². The van der Waals surface area contributed by atoms with Crippen molar-refractivity contribution >= 4 is 23.9 Å². The Kier molecular flexibility index (Phi) is 8.97. The van der Waals surface area contributed by atoms with Crippen LogP contribution in [0.5, 0.6) is 0 Å². The highest BCUT2D eigenvalue weighted by Gasteiger charge is 2.67. The van der Waals surface area contributed by atoms with Gasteiger partial charge in [0.15, 0.2) is 10.8 Å². The van der Waals surface area contributed by atoms with Crippen molar-refractivity contribution in [1.82, 2.24) is 0 Å². The van der Waals surface area contributed by atoms with Crippen molar-refractivity contribution in [2.75, 3.05) is 53.9 Å². The summed E-state index contributed by atoms with van der Waals surface area (Å²) in [4.78, 5) is 48.2. The normalized spacial score (nSPS) is 27.6. The molecule has 4 unspecified atom stereocenters. The SMILES string of the molecule is C=CC1CC1(C(=O)OC)C(=O)OCCOCCOCCOC(=O)C1(C(=O)OC)CC1C=C. The van der Waals surface area contributed by atoms with Crippen molar-refractivity contribution in [2.45, 2.75) is 12.8 Å². The van der Waals surface area contributed by atoms with Gasteiger partial charge in [-0.1, -0.05) is 12.2 Å². The molecule has 32 heavy (non-hydrogen) atoms. The largest absolute Gasteiger partial charge is 0.468 e. The predicted molar refractivity (Wildman–Crippen MR) is 109 cm³/mol. The molecule has 2 fully saturated rings. The lowest BCUT2D eigenvalue weighted by Crippen LogP contribution is -2.32. The molecule has 0 saturated heterocycles. The maximum absolute atomic E-state index is 12.2. The lowest BCUT2D eigenvalue weighted by Gasteiger charge is -2.14. The van der Waals surface area contributed by atoms with Gasteiger partial charge >= 0.3 is 23.9 Å². The smallest absolute Gasteiger partial charge is 0.324 e. The quantitative estimate of drug-likeness (QED) is 0.116. The van der Waals surface area contributed by atoms with Crippen molar-refractivity contribution < 1.29 is 47.6 Å². The second-order valence-corrected chi connectivity index (χ2v) is 7.52. The zero-order chi connectivity index (χ0) is 23.8. The van der Waals surface area contributed by atoms with E-state index in [1.807, 2.05) is 0 Å². The van der Waals surface area contributed by atoms with Crippen molar-refractivity contribution in [3.63, 3.8) is 0 Å². The van der Waals surface area contributed by atoms with Crippen molar-refractivity contribution in [3.8, 4) is 0 Å². The molecule has 0 N–H and O–H groups in total. The summed E-state index contributed by atoms with van der Waals surface area (Å²) in [6.45, 7) is 7.90. The maximum Gasteiger partial charge on any atom is 0.324 e. The first-order chi connectivity index (χ1) is 15.3. The Morgan fingerprint density at radius 1 is 0.688 bits per heavy atom. The molecule has 0 radical (unpaired) electrons. The average Bonchev–Trinajstić information content (AvgIpc) is 3.71. The molecule has 0 amide bonds. The van der Waals surface area contributed by atoms with Gasteiger partial charge in [-0.3, -0.25) is 19.2 Å². The first-order valence-electron chi connectivity index (χ1n) is 10.3. The van der Waals surface area contributed by atoms with E-state index in [9.17, 15) is 19.2 Å².